The molecule has 1 atom stereocenters. The fourth-order valence-electron chi connectivity index (χ4n) is 1.95. The molecule has 4 nitrogen and oxygen atoms in total. The van der Waals surface area contributed by atoms with Crippen LogP contribution in [-0.4, -0.2) is 23.1 Å². The van der Waals surface area contributed by atoms with E-state index in [4.69, 9.17) is 4.74 Å². The molecule has 0 amide bonds. The lowest BCUT2D eigenvalue weighted by Gasteiger charge is -2.17. The third kappa shape index (κ3) is 2.15. The second kappa shape index (κ2) is 5.29. The van der Waals surface area contributed by atoms with E-state index < -0.39 is 0 Å². The van der Waals surface area contributed by atoms with Gasteiger partial charge in [-0.25, -0.2) is 0 Å². The van der Waals surface area contributed by atoms with Crippen molar-refractivity contribution in [3.63, 3.8) is 0 Å². The van der Waals surface area contributed by atoms with Crippen LogP contribution in [0.1, 0.15) is 41.8 Å². The Morgan fingerprint density at radius 1 is 1.22 bits per heavy atom. The number of phenolic OH excluding ortho intramolecular Hbond substituents is 2. The summed E-state index contributed by atoms with van der Waals surface area (Å²) in [5.41, 5.74) is 0.944. The third-order valence-corrected chi connectivity index (χ3v) is 3.38. The number of ketones is 1. The number of carbonyl (C=O) groups excluding carboxylic acids is 1. The van der Waals surface area contributed by atoms with Crippen LogP contribution in [0.4, 0.5) is 0 Å². The molecule has 0 unspecified atom stereocenters. The van der Waals surface area contributed by atoms with Crippen molar-refractivity contribution in [3.05, 3.63) is 16.7 Å². The van der Waals surface area contributed by atoms with Crippen LogP contribution in [-0.2, 0) is 0 Å². The van der Waals surface area contributed by atoms with Gasteiger partial charge in [0.2, 0.25) is 0 Å². The molecule has 100 valence electrons. The van der Waals surface area contributed by atoms with Gasteiger partial charge in [0.15, 0.2) is 5.78 Å². The summed E-state index contributed by atoms with van der Waals surface area (Å²) in [6.07, 6.45) is 0.655. The first-order valence-electron chi connectivity index (χ1n) is 6.00. The Morgan fingerprint density at radius 2 is 1.67 bits per heavy atom. The number of hydrogen-bond acceptors (Lipinski definition) is 4. The molecule has 1 aromatic rings. The van der Waals surface area contributed by atoms with E-state index in [9.17, 15) is 15.0 Å². The molecule has 0 fully saturated rings. The molecule has 0 saturated carbocycles. The lowest BCUT2D eigenvalue weighted by Crippen LogP contribution is -2.12. The number of ether oxygens (including phenoxy) is 1. The predicted molar refractivity (Wildman–Crippen MR) is 69.6 cm³/mol. The van der Waals surface area contributed by atoms with Gasteiger partial charge in [-0.05, 0) is 20.3 Å². The number of benzene rings is 1. The zero-order valence-electron chi connectivity index (χ0n) is 11.5. The molecular weight excluding hydrogens is 232 g/mol. The van der Waals surface area contributed by atoms with Crippen molar-refractivity contribution in [1.29, 1.82) is 0 Å². The highest BCUT2D eigenvalue weighted by atomic mass is 16.5. The molecule has 1 rings (SSSR count). The minimum absolute atomic E-state index is 0.000139. The van der Waals surface area contributed by atoms with E-state index in [1.165, 1.54) is 7.11 Å². The number of methoxy groups -OCH3 is 1. The van der Waals surface area contributed by atoms with Crippen LogP contribution >= 0.6 is 0 Å². The van der Waals surface area contributed by atoms with Gasteiger partial charge in [-0.2, -0.15) is 0 Å². The first-order valence-corrected chi connectivity index (χ1v) is 6.00. The number of Topliss-reactive ketones (excluding diaryl/α,β-unsaturated/α-hetero) is 1. The summed E-state index contributed by atoms with van der Waals surface area (Å²) < 4.78 is 5.13. The maximum Gasteiger partial charge on any atom is 0.173 e. The molecule has 0 radical (unpaired) electrons. The van der Waals surface area contributed by atoms with Gasteiger partial charge < -0.3 is 14.9 Å². The Balaban J connectivity index is 3.52. The topological polar surface area (TPSA) is 66.8 Å². The standard InChI is InChI=1S/C14H20O4/c1-6-7(2)11(15)10-12(16)8(3)14(18-5)9(4)13(10)17/h7,16-17H,6H2,1-5H3/t7-/m1/s1. The normalized spacial score (nSPS) is 12.3. The fraction of sp³-hybridized carbons (Fsp3) is 0.500. The summed E-state index contributed by atoms with van der Waals surface area (Å²) in [5.74, 6) is -0.471. The SMILES string of the molecule is CC[C@@H](C)C(=O)c1c(O)c(C)c(OC)c(C)c1O. The van der Waals surface area contributed by atoms with Crippen LogP contribution in [0.5, 0.6) is 17.2 Å². The second-order valence-electron chi connectivity index (χ2n) is 4.53. The van der Waals surface area contributed by atoms with Crippen LogP contribution < -0.4 is 4.74 Å². The van der Waals surface area contributed by atoms with E-state index >= 15 is 0 Å². The molecule has 0 aliphatic carbocycles. The number of carbonyl (C=O) groups is 1. The van der Waals surface area contributed by atoms with Crippen LogP contribution in [0.2, 0.25) is 0 Å². The molecule has 0 aromatic heterocycles. The third-order valence-electron chi connectivity index (χ3n) is 3.38. The Morgan fingerprint density at radius 3 is 2.00 bits per heavy atom. The summed E-state index contributed by atoms with van der Waals surface area (Å²) in [7, 11) is 1.46. The largest absolute Gasteiger partial charge is 0.507 e. The molecule has 1 aromatic carbocycles. The number of hydrogen-bond donors (Lipinski definition) is 2. The zero-order valence-corrected chi connectivity index (χ0v) is 11.5. The molecule has 0 aliphatic heterocycles. The molecule has 2 N–H and O–H groups in total. The van der Waals surface area contributed by atoms with Crippen molar-refractivity contribution in [2.45, 2.75) is 34.1 Å². The van der Waals surface area contributed by atoms with Gasteiger partial charge in [-0.3, -0.25) is 4.79 Å². The van der Waals surface area contributed by atoms with Crippen molar-refractivity contribution < 1.29 is 19.7 Å². The van der Waals surface area contributed by atoms with Gasteiger partial charge in [-0.15, -0.1) is 0 Å². The Bertz CT molecular complexity index is 448. The Kier molecular flexibility index (Phi) is 4.22. The second-order valence-corrected chi connectivity index (χ2v) is 4.53. The summed E-state index contributed by atoms with van der Waals surface area (Å²) in [4.78, 5) is 12.2. The molecule has 4 heteroatoms. The monoisotopic (exact) mass is 252 g/mol. The maximum atomic E-state index is 12.2. The van der Waals surface area contributed by atoms with Gasteiger partial charge in [0.05, 0.1) is 7.11 Å². The van der Waals surface area contributed by atoms with E-state index in [0.717, 1.165) is 0 Å². The molecule has 0 saturated heterocycles. The van der Waals surface area contributed by atoms with Crippen LogP contribution in [0.3, 0.4) is 0 Å². The molecular formula is C14H20O4. The fourth-order valence-corrected chi connectivity index (χ4v) is 1.95. The molecule has 18 heavy (non-hydrogen) atoms. The van der Waals surface area contributed by atoms with Crippen LogP contribution in [0.15, 0.2) is 0 Å². The van der Waals surface area contributed by atoms with E-state index in [1.54, 1.807) is 20.8 Å². The quantitative estimate of drug-likeness (QED) is 0.808. The highest BCUT2D eigenvalue weighted by molar-refractivity contribution is 6.03. The van der Waals surface area contributed by atoms with E-state index in [0.29, 0.717) is 23.3 Å². The average molecular weight is 252 g/mol. The predicted octanol–water partition coefficient (Wildman–Crippen LogP) is 2.95. The van der Waals surface area contributed by atoms with Gasteiger partial charge in [0, 0.05) is 17.0 Å². The minimum Gasteiger partial charge on any atom is -0.507 e. The molecule has 0 aliphatic rings. The summed E-state index contributed by atoms with van der Waals surface area (Å²) in [6, 6.07) is 0. The van der Waals surface area contributed by atoms with Gasteiger partial charge in [0.25, 0.3) is 0 Å². The smallest absolute Gasteiger partial charge is 0.173 e. The Labute approximate surface area is 107 Å². The van der Waals surface area contributed by atoms with Crippen molar-refractivity contribution in [3.8, 4) is 17.2 Å². The molecule has 0 spiro atoms. The first kappa shape index (κ1) is 14.4. The lowest BCUT2D eigenvalue weighted by atomic mass is 9.92. The van der Waals surface area contributed by atoms with Crippen LogP contribution in [0, 0.1) is 19.8 Å². The summed E-state index contributed by atoms with van der Waals surface area (Å²) in [5, 5.41) is 20.1. The van der Waals surface area contributed by atoms with Crippen molar-refractivity contribution in [2.75, 3.05) is 7.11 Å². The number of aromatic hydroxyl groups is 2. The van der Waals surface area contributed by atoms with E-state index in [-0.39, 0.29) is 28.8 Å². The summed E-state index contributed by atoms with van der Waals surface area (Å²) >= 11 is 0. The zero-order chi connectivity index (χ0) is 14.0. The minimum atomic E-state index is -0.249. The van der Waals surface area contributed by atoms with Gasteiger partial charge in [-0.1, -0.05) is 13.8 Å². The van der Waals surface area contributed by atoms with E-state index in [2.05, 4.69) is 0 Å². The average Bonchev–Trinajstić information content (AvgIpc) is 2.36. The highest BCUT2D eigenvalue weighted by Crippen LogP contribution is 2.42. The van der Waals surface area contributed by atoms with Crippen molar-refractivity contribution in [2.24, 2.45) is 5.92 Å². The Hall–Kier alpha value is -1.71. The first-order chi connectivity index (χ1) is 8.36. The number of phenols is 2. The van der Waals surface area contributed by atoms with Crippen LogP contribution in [0.25, 0.3) is 0 Å². The summed E-state index contributed by atoms with van der Waals surface area (Å²) in [6.45, 7) is 6.98. The maximum absolute atomic E-state index is 12.2. The number of rotatable bonds is 4. The highest BCUT2D eigenvalue weighted by Gasteiger charge is 2.26. The van der Waals surface area contributed by atoms with E-state index in [1.807, 2.05) is 6.92 Å². The van der Waals surface area contributed by atoms with Gasteiger partial charge >= 0.3 is 0 Å². The van der Waals surface area contributed by atoms with Crippen molar-refractivity contribution >= 4 is 5.78 Å². The van der Waals surface area contributed by atoms with Gasteiger partial charge in [0.1, 0.15) is 22.8 Å². The molecule has 0 heterocycles. The lowest BCUT2D eigenvalue weighted by molar-refractivity contribution is 0.0921. The van der Waals surface area contributed by atoms with Crippen molar-refractivity contribution in [1.82, 2.24) is 0 Å². The molecule has 0 bridgehead atoms.